The summed E-state index contributed by atoms with van der Waals surface area (Å²) in [5.74, 6) is -1.76. The van der Waals surface area contributed by atoms with Gasteiger partial charge in [0.2, 0.25) is 5.76 Å². The molecule has 0 saturated carbocycles. The molecule has 3 aromatic rings. The highest BCUT2D eigenvalue weighted by molar-refractivity contribution is 5.97. The van der Waals surface area contributed by atoms with E-state index >= 15 is 0 Å². The molecule has 6 heteroatoms. The molecule has 0 bridgehead atoms. The molecule has 0 saturated heterocycles. The summed E-state index contributed by atoms with van der Waals surface area (Å²) in [7, 11) is 0. The smallest absolute Gasteiger partial charge is 0.371 e. The quantitative estimate of drug-likeness (QED) is 0.746. The Morgan fingerprint density at radius 1 is 1.14 bits per heavy atom. The van der Waals surface area contributed by atoms with Crippen molar-refractivity contribution in [2.45, 2.75) is 19.8 Å². The van der Waals surface area contributed by atoms with Gasteiger partial charge in [-0.3, -0.25) is 9.59 Å². The molecule has 6 nitrogen and oxygen atoms in total. The first-order chi connectivity index (χ1) is 10.5. The number of carboxylic acid groups (broad SMARTS) is 1. The van der Waals surface area contributed by atoms with Crippen LogP contribution in [0.2, 0.25) is 0 Å². The van der Waals surface area contributed by atoms with Gasteiger partial charge in [-0.2, -0.15) is 0 Å². The second-order valence-electron chi connectivity index (χ2n) is 4.92. The second kappa shape index (κ2) is 5.14. The molecule has 2 heterocycles. The predicted molar refractivity (Wildman–Crippen MR) is 79.5 cm³/mol. The Hall–Kier alpha value is -2.89. The van der Waals surface area contributed by atoms with Gasteiger partial charge in [0.15, 0.2) is 10.9 Å². The summed E-state index contributed by atoms with van der Waals surface area (Å²) in [5.41, 5.74) is 0.261. The normalized spacial score (nSPS) is 11.1. The van der Waals surface area contributed by atoms with Crippen LogP contribution in [0.5, 0.6) is 0 Å². The van der Waals surface area contributed by atoms with Crippen LogP contribution in [0.25, 0.3) is 21.9 Å². The minimum Gasteiger partial charge on any atom is -0.475 e. The van der Waals surface area contributed by atoms with Crippen molar-refractivity contribution in [2.75, 3.05) is 0 Å². The van der Waals surface area contributed by atoms with E-state index in [0.29, 0.717) is 24.0 Å². The Morgan fingerprint density at radius 2 is 1.86 bits per heavy atom. The van der Waals surface area contributed by atoms with E-state index in [1.54, 1.807) is 0 Å². The van der Waals surface area contributed by atoms with E-state index in [1.807, 2.05) is 6.92 Å². The maximum atomic E-state index is 12.2. The lowest BCUT2D eigenvalue weighted by Crippen LogP contribution is -2.09. The number of aryl methyl sites for hydroxylation is 1. The van der Waals surface area contributed by atoms with Crippen molar-refractivity contribution in [2.24, 2.45) is 0 Å². The maximum Gasteiger partial charge on any atom is 0.371 e. The van der Waals surface area contributed by atoms with Gasteiger partial charge in [0.25, 0.3) is 0 Å². The monoisotopic (exact) mass is 300 g/mol. The third kappa shape index (κ3) is 2.09. The summed E-state index contributed by atoms with van der Waals surface area (Å²) in [5, 5.41) is 9.51. The van der Waals surface area contributed by atoms with Gasteiger partial charge in [0, 0.05) is 17.7 Å². The number of benzene rings is 1. The third-order valence-electron chi connectivity index (χ3n) is 3.45. The Balaban J connectivity index is 2.57. The molecule has 3 rings (SSSR count). The summed E-state index contributed by atoms with van der Waals surface area (Å²) >= 11 is 0. The topological polar surface area (TPSA) is 97.7 Å². The summed E-state index contributed by atoms with van der Waals surface area (Å²) in [6.07, 6.45) is 2.48. The number of rotatable bonds is 3. The van der Waals surface area contributed by atoms with Gasteiger partial charge >= 0.3 is 5.97 Å². The molecule has 0 aliphatic carbocycles. The Kier molecular flexibility index (Phi) is 3.29. The van der Waals surface area contributed by atoms with Crippen molar-refractivity contribution in [3.63, 3.8) is 0 Å². The molecule has 0 atom stereocenters. The van der Waals surface area contributed by atoms with E-state index in [-0.39, 0.29) is 21.8 Å². The summed E-state index contributed by atoms with van der Waals surface area (Å²) in [4.78, 5) is 35.2. The third-order valence-corrected chi connectivity index (χ3v) is 3.45. The van der Waals surface area contributed by atoms with Crippen LogP contribution in [-0.4, -0.2) is 11.1 Å². The van der Waals surface area contributed by atoms with Gasteiger partial charge in [-0.1, -0.05) is 13.3 Å². The average Bonchev–Trinajstić information content (AvgIpc) is 2.48. The fourth-order valence-corrected chi connectivity index (χ4v) is 2.49. The SMILES string of the molecule is CCCc1c2occc(=O)c2cc2c(=O)cc(C(=O)O)oc12. The number of fused-ring (bicyclic) bond motifs is 2. The molecule has 0 aliphatic heterocycles. The molecule has 0 radical (unpaired) electrons. The van der Waals surface area contributed by atoms with Gasteiger partial charge < -0.3 is 13.9 Å². The number of carbonyl (C=O) groups is 1. The lowest BCUT2D eigenvalue weighted by atomic mass is 10.0. The lowest BCUT2D eigenvalue weighted by Gasteiger charge is -2.08. The predicted octanol–water partition coefficient (Wildman–Crippen LogP) is 2.55. The van der Waals surface area contributed by atoms with Crippen molar-refractivity contribution >= 4 is 27.9 Å². The Bertz CT molecular complexity index is 1010. The number of hydrogen-bond acceptors (Lipinski definition) is 5. The first-order valence-corrected chi connectivity index (χ1v) is 6.77. The Labute approximate surface area is 123 Å². The lowest BCUT2D eigenvalue weighted by molar-refractivity contribution is 0.0663. The standard InChI is InChI=1S/C16H12O6/c1-2-3-8-14-9(11(17)4-5-21-14)6-10-12(18)7-13(16(19)20)22-15(8)10/h4-7H,2-3H2,1H3,(H,19,20). The van der Waals surface area contributed by atoms with E-state index in [9.17, 15) is 14.4 Å². The van der Waals surface area contributed by atoms with Crippen molar-refractivity contribution < 1.29 is 18.7 Å². The molecule has 2 aromatic heterocycles. The first kappa shape index (κ1) is 14.1. The summed E-state index contributed by atoms with van der Waals surface area (Å²) in [6, 6.07) is 3.58. The van der Waals surface area contributed by atoms with Crippen molar-refractivity contribution in [3.05, 3.63) is 56.2 Å². The van der Waals surface area contributed by atoms with E-state index in [2.05, 4.69) is 0 Å². The zero-order valence-corrected chi connectivity index (χ0v) is 11.7. The minimum absolute atomic E-state index is 0.161. The van der Waals surface area contributed by atoms with E-state index in [4.69, 9.17) is 13.9 Å². The number of hydrogen-bond donors (Lipinski definition) is 1. The first-order valence-electron chi connectivity index (χ1n) is 6.77. The molecule has 22 heavy (non-hydrogen) atoms. The van der Waals surface area contributed by atoms with Gasteiger partial charge in [0.05, 0.1) is 17.0 Å². The van der Waals surface area contributed by atoms with E-state index in [1.165, 1.54) is 18.4 Å². The second-order valence-corrected chi connectivity index (χ2v) is 4.92. The fourth-order valence-electron chi connectivity index (χ4n) is 2.49. The zero-order valence-electron chi connectivity index (χ0n) is 11.7. The molecule has 0 amide bonds. The van der Waals surface area contributed by atoms with Crippen LogP contribution >= 0.6 is 0 Å². The molecular formula is C16H12O6. The minimum atomic E-state index is -1.32. The highest BCUT2D eigenvalue weighted by atomic mass is 16.4. The number of carboxylic acids is 1. The molecule has 0 unspecified atom stereocenters. The number of aromatic carboxylic acids is 1. The molecule has 0 aliphatic rings. The molecule has 0 spiro atoms. The molecular weight excluding hydrogens is 288 g/mol. The summed E-state index contributed by atoms with van der Waals surface area (Å²) < 4.78 is 10.8. The van der Waals surface area contributed by atoms with Crippen molar-refractivity contribution in [3.8, 4) is 0 Å². The molecule has 1 N–H and O–H groups in total. The van der Waals surface area contributed by atoms with Gasteiger partial charge in [-0.05, 0) is 12.5 Å². The van der Waals surface area contributed by atoms with Gasteiger partial charge in [-0.15, -0.1) is 0 Å². The molecule has 0 fully saturated rings. The Morgan fingerprint density at radius 3 is 2.55 bits per heavy atom. The zero-order chi connectivity index (χ0) is 15.9. The van der Waals surface area contributed by atoms with Crippen LogP contribution in [0, 0.1) is 0 Å². The van der Waals surface area contributed by atoms with Crippen LogP contribution in [0.4, 0.5) is 0 Å². The van der Waals surface area contributed by atoms with Crippen LogP contribution < -0.4 is 10.9 Å². The van der Waals surface area contributed by atoms with Gasteiger partial charge in [0.1, 0.15) is 11.2 Å². The van der Waals surface area contributed by atoms with E-state index in [0.717, 1.165) is 6.07 Å². The van der Waals surface area contributed by atoms with Crippen molar-refractivity contribution in [1.82, 2.24) is 0 Å². The average molecular weight is 300 g/mol. The van der Waals surface area contributed by atoms with Crippen LogP contribution in [0.3, 0.4) is 0 Å². The fraction of sp³-hybridized carbons (Fsp3) is 0.188. The largest absolute Gasteiger partial charge is 0.475 e. The maximum absolute atomic E-state index is 12.2. The van der Waals surface area contributed by atoms with E-state index < -0.39 is 17.2 Å². The van der Waals surface area contributed by atoms with Crippen LogP contribution in [-0.2, 0) is 6.42 Å². The molecule has 1 aromatic carbocycles. The van der Waals surface area contributed by atoms with Crippen LogP contribution in [0.1, 0.15) is 29.5 Å². The van der Waals surface area contributed by atoms with Crippen molar-refractivity contribution in [1.29, 1.82) is 0 Å². The highest BCUT2D eigenvalue weighted by Crippen LogP contribution is 2.27. The van der Waals surface area contributed by atoms with Gasteiger partial charge in [-0.25, -0.2) is 4.79 Å². The van der Waals surface area contributed by atoms with Crippen LogP contribution in [0.15, 0.2) is 42.9 Å². The highest BCUT2D eigenvalue weighted by Gasteiger charge is 2.18. The summed E-state index contributed by atoms with van der Waals surface area (Å²) in [6.45, 7) is 1.92. The molecule has 112 valence electrons.